The Labute approximate surface area is 463 Å². The van der Waals surface area contributed by atoms with E-state index in [-0.39, 0.29) is 52.4 Å². The van der Waals surface area contributed by atoms with Crippen molar-refractivity contribution in [1.82, 2.24) is 44.8 Å². The molecule has 9 rings (SSSR count). The number of hydrogen-bond donors (Lipinski definition) is 5. The van der Waals surface area contributed by atoms with Crippen molar-refractivity contribution in [2.24, 2.45) is 11.8 Å². The number of aryl methyl sites for hydroxylation is 1. The largest absolute Gasteiger partial charge is 0.508 e. The van der Waals surface area contributed by atoms with Crippen LogP contribution in [0.1, 0.15) is 142 Å². The lowest BCUT2D eigenvalue weighted by Gasteiger charge is -2.37. The summed E-state index contributed by atoms with van der Waals surface area (Å²) in [5.41, 5.74) is 3.65. The minimum absolute atomic E-state index is 0.00176. The number of aromatic hydroxyl groups is 2. The predicted molar refractivity (Wildman–Crippen MR) is 304 cm³/mol. The van der Waals surface area contributed by atoms with Crippen LogP contribution >= 0.6 is 0 Å². The van der Waals surface area contributed by atoms with Gasteiger partial charge in [-0.1, -0.05) is 70.2 Å². The minimum atomic E-state index is -0.937. The van der Waals surface area contributed by atoms with E-state index in [4.69, 9.17) is 9.31 Å². The van der Waals surface area contributed by atoms with E-state index in [0.29, 0.717) is 67.2 Å². The lowest BCUT2D eigenvalue weighted by atomic mass is 9.65. The number of aliphatic hydroxyl groups is 1. The Hall–Kier alpha value is -7.41. The van der Waals surface area contributed by atoms with Crippen LogP contribution in [0.2, 0.25) is 5.82 Å². The van der Waals surface area contributed by atoms with Gasteiger partial charge in [-0.2, -0.15) is 0 Å². The second-order valence-electron chi connectivity index (χ2n) is 22.7. The average Bonchev–Trinajstić information content (AvgIpc) is 4.36. The van der Waals surface area contributed by atoms with E-state index in [9.17, 15) is 29.7 Å². The summed E-state index contributed by atoms with van der Waals surface area (Å²) in [6.07, 6.45) is 9.69. The molecule has 4 aromatic carbocycles. The molecule has 5 N–H and O–H groups in total. The third-order valence-electron chi connectivity index (χ3n) is 16.1. The molecule has 79 heavy (non-hydrogen) atoms. The molecule has 17 nitrogen and oxygen atoms in total. The smallest absolute Gasteiger partial charge is 0.461 e. The number of aliphatic hydroxyl groups excluding tert-OH is 1. The molecule has 0 aliphatic carbocycles. The van der Waals surface area contributed by atoms with Crippen molar-refractivity contribution in [2.75, 3.05) is 19.6 Å². The van der Waals surface area contributed by atoms with Crippen molar-refractivity contribution in [3.63, 3.8) is 0 Å². The van der Waals surface area contributed by atoms with E-state index >= 15 is 0 Å². The van der Waals surface area contributed by atoms with Gasteiger partial charge < -0.3 is 44.7 Å². The highest BCUT2D eigenvalue weighted by molar-refractivity contribution is 6.47. The fourth-order valence-corrected chi connectivity index (χ4v) is 11.3. The first kappa shape index (κ1) is 56.3. The van der Waals surface area contributed by atoms with E-state index in [1.54, 1.807) is 10.6 Å². The van der Waals surface area contributed by atoms with E-state index in [2.05, 4.69) is 61.5 Å². The highest BCUT2D eigenvalue weighted by Gasteiger charge is 2.57. The number of carbonyl (C=O) groups excluding carboxylic acids is 3. The lowest BCUT2D eigenvalue weighted by Crippen LogP contribution is -2.46. The quantitative estimate of drug-likeness (QED) is 0.0451. The van der Waals surface area contributed by atoms with Gasteiger partial charge in [-0.25, -0.2) is 4.98 Å². The summed E-state index contributed by atoms with van der Waals surface area (Å²) in [5, 5.41) is 49.0. The number of fused-ring (bicyclic) bond motifs is 1. The maximum absolute atomic E-state index is 14.0. The first-order valence-corrected chi connectivity index (χ1v) is 27.8. The molecule has 2 aliphatic heterocycles. The van der Waals surface area contributed by atoms with Gasteiger partial charge in [0.25, 0.3) is 17.7 Å². The van der Waals surface area contributed by atoms with Gasteiger partial charge in [-0.15, -0.1) is 10.2 Å². The highest BCUT2D eigenvalue weighted by Crippen LogP contribution is 2.49. The summed E-state index contributed by atoms with van der Waals surface area (Å²) in [6, 6.07) is 27.9. The Morgan fingerprint density at radius 1 is 0.848 bits per heavy atom. The molecule has 18 heteroatoms. The van der Waals surface area contributed by atoms with Crippen molar-refractivity contribution in [3.05, 3.63) is 150 Å². The second-order valence-corrected chi connectivity index (χ2v) is 22.7. The maximum atomic E-state index is 14.0. The van der Waals surface area contributed by atoms with Gasteiger partial charge in [0, 0.05) is 67.3 Å². The number of nitrogens with zero attached hydrogens (tertiary/aromatic N) is 7. The number of phenols is 2. The Balaban J connectivity index is 0.824. The highest BCUT2D eigenvalue weighted by atomic mass is 16.7. The molecule has 2 unspecified atom stereocenters. The normalized spacial score (nSPS) is 17.8. The van der Waals surface area contributed by atoms with Gasteiger partial charge in [0.2, 0.25) is 5.82 Å². The van der Waals surface area contributed by atoms with Crippen molar-refractivity contribution in [3.8, 4) is 28.6 Å². The molecule has 2 fully saturated rings. The predicted octanol–water partition coefficient (Wildman–Crippen LogP) is 9.64. The molecule has 0 bridgehead atoms. The fraction of sp³-hybridized carbons (Fsp3) is 0.426. The zero-order valence-electron chi connectivity index (χ0n) is 46.6. The van der Waals surface area contributed by atoms with Crippen LogP contribution in [-0.2, 0) is 27.9 Å². The molecule has 2 saturated heterocycles. The van der Waals surface area contributed by atoms with Gasteiger partial charge >= 0.3 is 7.12 Å². The fourth-order valence-electron chi connectivity index (χ4n) is 11.3. The van der Waals surface area contributed by atoms with Crippen LogP contribution in [-0.4, -0.2) is 112 Å². The number of amides is 3. The first-order chi connectivity index (χ1) is 37.8. The summed E-state index contributed by atoms with van der Waals surface area (Å²) in [5.74, 6) is -0.202. The molecule has 3 aromatic heterocycles. The van der Waals surface area contributed by atoms with Gasteiger partial charge in [-0.05, 0) is 149 Å². The molecule has 0 spiro atoms. The monoisotopic (exact) mass is 1070 g/mol. The number of carbonyl (C=O) groups is 3. The van der Waals surface area contributed by atoms with Gasteiger partial charge in [0.15, 0.2) is 5.82 Å². The SMILES string of the molecule is CCNC(=O)c1nnc(-c2cc(C(C)C)c(O)cc2O)n1-c1ccc2c(ccn2CCC2CCN(C(=O)c3ccc(C4(C)OB([C@H](CC(C)C)CC(O)[C@H](Cc5ccccc5)NC(=O)c5cnccn5)OC4(C)C)cc3)CC2)c1. The van der Waals surface area contributed by atoms with E-state index in [1.807, 2.05) is 119 Å². The Kier molecular flexibility index (Phi) is 17.0. The third kappa shape index (κ3) is 12.3. The van der Waals surface area contributed by atoms with Gasteiger partial charge in [0.1, 0.15) is 22.8 Å². The molecule has 0 radical (unpaired) electrons. The summed E-state index contributed by atoms with van der Waals surface area (Å²) in [7, 11) is -0.653. The number of benzene rings is 4. The van der Waals surface area contributed by atoms with Crippen molar-refractivity contribution in [2.45, 2.75) is 136 Å². The molecule has 414 valence electrons. The molecule has 7 aromatic rings. The maximum Gasteiger partial charge on any atom is 0.461 e. The van der Waals surface area contributed by atoms with E-state index in [0.717, 1.165) is 47.8 Å². The standard InChI is InChI=1S/C61H74BN9O8/c1-9-64-58(76)56-68-67-55(48-35-47(39(4)5)52(72)36-53(48)73)71(56)46-19-20-51-43(33-46)24-30-69(51)27-21-40-22-28-70(29-23-40)59(77)42-15-17-44(18-16-42)61(8)60(6,7)78-62(79-61)45(31-38(2)3)34-54(74)49(32-41-13-11-10-12-14-41)66-57(75)50-37-63-25-26-65-50/h10-20,24-26,30,33,35-40,45,49,54,72-74H,9,21-23,27-29,31-32,34H2,1-8H3,(H,64,76)(H,66,75)/t45-,49+,54?,61?/m1/s1. The summed E-state index contributed by atoms with van der Waals surface area (Å²) < 4.78 is 17.7. The lowest BCUT2D eigenvalue weighted by molar-refractivity contribution is -0.0133. The Bertz CT molecular complexity index is 3250. The van der Waals surface area contributed by atoms with E-state index in [1.165, 1.54) is 24.7 Å². The van der Waals surface area contributed by atoms with Gasteiger partial charge in [-0.3, -0.25) is 23.9 Å². The molecule has 2 aliphatic rings. The number of phenolic OH excluding ortho intramolecular Hbond substituents is 2. The molecular weight excluding hydrogens is 998 g/mol. The molecule has 0 saturated carbocycles. The van der Waals surface area contributed by atoms with Crippen molar-refractivity contribution in [1.29, 1.82) is 0 Å². The average molecular weight is 1070 g/mol. The van der Waals surface area contributed by atoms with Crippen LogP contribution in [0.3, 0.4) is 0 Å². The summed E-state index contributed by atoms with van der Waals surface area (Å²) >= 11 is 0. The van der Waals surface area contributed by atoms with Crippen LogP contribution in [0.4, 0.5) is 0 Å². The van der Waals surface area contributed by atoms with Crippen LogP contribution in [0.5, 0.6) is 11.5 Å². The number of hydrogen-bond acceptors (Lipinski definition) is 12. The minimum Gasteiger partial charge on any atom is -0.508 e. The van der Waals surface area contributed by atoms with Crippen LogP contribution in [0.15, 0.2) is 116 Å². The number of piperidine rings is 1. The molecular formula is C61H74BN9O8. The summed E-state index contributed by atoms with van der Waals surface area (Å²) in [6.45, 7) is 18.6. The van der Waals surface area contributed by atoms with Crippen molar-refractivity contribution < 1.29 is 39.0 Å². The Morgan fingerprint density at radius 3 is 2.28 bits per heavy atom. The second kappa shape index (κ2) is 23.9. The van der Waals surface area contributed by atoms with E-state index < -0.39 is 42.3 Å². The zero-order valence-corrected chi connectivity index (χ0v) is 46.6. The molecule has 5 heterocycles. The summed E-state index contributed by atoms with van der Waals surface area (Å²) in [4.78, 5) is 50.9. The van der Waals surface area contributed by atoms with Crippen LogP contribution in [0, 0.1) is 11.8 Å². The first-order valence-electron chi connectivity index (χ1n) is 27.8. The number of nitrogens with one attached hydrogen (secondary N) is 2. The van der Waals surface area contributed by atoms with Crippen LogP contribution < -0.4 is 10.6 Å². The number of likely N-dealkylation sites (tertiary alicyclic amines) is 1. The molecule has 4 atom stereocenters. The van der Waals surface area contributed by atoms with Crippen LogP contribution in [0.25, 0.3) is 28.0 Å². The number of rotatable bonds is 20. The molecule has 3 amide bonds. The Morgan fingerprint density at radius 2 is 1.59 bits per heavy atom. The number of aromatic nitrogens is 6. The third-order valence-corrected chi connectivity index (χ3v) is 16.1. The topological polar surface area (TPSA) is 219 Å². The van der Waals surface area contributed by atoms with Crippen molar-refractivity contribution >= 4 is 35.7 Å². The zero-order chi connectivity index (χ0) is 56.2. The van der Waals surface area contributed by atoms with Gasteiger partial charge in [0.05, 0.1) is 35.2 Å².